The van der Waals surface area contributed by atoms with Crippen LogP contribution in [-0.4, -0.2) is 0 Å². The van der Waals surface area contributed by atoms with Crippen LogP contribution in [0.3, 0.4) is 0 Å². The van der Waals surface area contributed by atoms with E-state index in [0.29, 0.717) is 11.3 Å². The van der Waals surface area contributed by atoms with Crippen LogP contribution in [-0.2, 0) is 0 Å². The first-order valence-electron chi connectivity index (χ1n) is 4.64. The molecule has 0 aliphatic carbocycles. The Morgan fingerprint density at radius 1 is 1.45 bits per heavy atom. The van der Waals surface area contributed by atoms with Gasteiger partial charge in [-0.3, -0.25) is 0 Å². The van der Waals surface area contributed by atoms with E-state index in [4.69, 9.17) is 0 Å². The first kappa shape index (κ1) is 10.7. The van der Waals surface area contributed by atoms with E-state index < -0.39 is 0 Å². The van der Waals surface area contributed by atoms with Crippen LogP contribution in [0.25, 0.3) is 0 Å². The highest BCUT2D eigenvalue weighted by molar-refractivity contribution is 4.81. The molecule has 0 rings (SSSR count). The van der Waals surface area contributed by atoms with Crippen LogP contribution in [0.5, 0.6) is 0 Å². The van der Waals surface area contributed by atoms with Crippen molar-refractivity contribution in [1.82, 2.24) is 0 Å². The molecule has 0 radical (unpaired) electrons. The molecule has 66 valence electrons. The van der Waals surface area contributed by atoms with Crippen molar-refractivity contribution < 1.29 is 0 Å². The van der Waals surface area contributed by atoms with E-state index in [1.165, 1.54) is 19.3 Å². The third-order valence-corrected chi connectivity index (χ3v) is 2.20. The van der Waals surface area contributed by atoms with Crippen LogP contribution in [0, 0.1) is 11.3 Å². The third kappa shape index (κ3) is 5.06. The Labute approximate surface area is 71.7 Å². The fourth-order valence-electron chi connectivity index (χ4n) is 1.73. The van der Waals surface area contributed by atoms with E-state index in [1.54, 1.807) is 0 Å². The Hall–Kier alpha value is -0.260. The number of hydrogen-bond acceptors (Lipinski definition) is 0. The maximum atomic E-state index is 3.80. The molecule has 0 heterocycles. The Morgan fingerprint density at radius 3 is 2.36 bits per heavy atom. The molecule has 0 aromatic carbocycles. The molecule has 1 atom stereocenters. The zero-order valence-electron chi connectivity index (χ0n) is 8.48. The van der Waals surface area contributed by atoms with Gasteiger partial charge in [0.1, 0.15) is 0 Å². The van der Waals surface area contributed by atoms with Crippen LogP contribution in [0.4, 0.5) is 0 Å². The van der Waals surface area contributed by atoms with Gasteiger partial charge in [0, 0.05) is 0 Å². The van der Waals surface area contributed by atoms with Gasteiger partial charge in [-0.2, -0.15) is 0 Å². The van der Waals surface area contributed by atoms with E-state index in [2.05, 4.69) is 40.3 Å². The molecule has 0 saturated carbocycles. The van der Waals surface area contributed by atoms with E-state index in [0.717, 1.165) is 0 Å². The van der Waals surface area contributed by atoms with Gasteiger partial charge in [-0.15, -0.1) is 6.58 Å². The highest BCUT2D eigenvalue weighted by Crippen LogP contribution is 2.30. The second kappa shape index (κ2) is 4.58. The molecule has 0 aliphatic rings. The van der Waals surface area contributed by atoms with Gasteiger partial charge in [0.25, 0.3) is 0 Å². The predicted octanol–water partition coefficient (Wildman–Crippen LogP) is 4.02. The molecule has 0 aromatic rings. The zero-order valence-corrected chi connectivity index (χ0v) is 8.48. The molecule has 0 saturated heterocycles. The molecule has 0 heteroatoms. The van der Waals surface area contributed by atoms with Gasteiger partial charge >= 0.3 is 0 Å². The van der Waals surface area contributed by atoms with Crippen molar-refractivity contribution >= 4 is 0 Å². The standard InChI is InChI=1S/C11H22/c1-6-8-11(4,5)9-10(3)7-2/h7,10H,2,6,8-9H2,1,3-5H3. The molecule has 1 unspecified atom stereocenters. The quantitative estimate of drug-likeness (QED) is 0.524. The van der Waals surface area contributed by atoms with E-state index in [9.17, 15) is 0 Å². The van der Waals surface area contributed by atoms with Gasteiger partial charge in [-0.1, -0.05) is 40.2 Å². The molecule has 0 aromatic heterocycles. The minimum absolute atomic E-state index is 0.502. The van der Waals surface area contributed by atoms with Gasteiger partial charge in [0.05, 0.1) is 0 Å². The second-order valence-corrected chi connectivity index (χ2v) is 4.33. The molecule has 0 amide bonds. The van der Waals surface area contributed by atoms with Crippen LogP contribution >= 0.6 is 0 Å². The summed E-state index contributed by atoms with van der Waals surface area (Å²) in [7, 11) is 0. The molecule has 0 aliphatic heterocycles. The molecule has 11 heavy (non-hydrogen) atoms. The summed E-state index contributed by atoms with van der Waals surface area (Å²) < 4.78 is 0. The van der Waals surface area contributed by atoms with Crippen molar-refractivity contribution in [3.05, 3.63) is 12.7 Å². The SMILES string of the molecule is C=CC(C)CC(C)(C)CCC. The van der Waals surface area contributed by atoms with Crippen molar-refractivity contribution in [2.75, 3.05) is 0 Å². The van der Waals surface area contributed by atoms with E-state index in [1.807, 2.05) is 0 Å². The zero-order chi connectivity index (χ0) is 8.91. The number of allylic oxidation sites excluding steroid dienone is 1. The summed E-state index contributed by atoms with van der Waals surface area (Å²) in [5, 5.41) is 0. The third-order valence-electron chi connectivity index (χ3n) is 2.20. The summed E-state index contributed by atoms with van der Waals surface area (Å²) in [6.07, 6.45) is 5.93. The van der Waals surface area contributed by atoms with E-state index in [-0.39, 0.29) is 0 Å². The van der Waals surface area contributed by atoms with Crippen molar-refractivity contribution in [2.45, 2.75) is 47.0 Å². The highest BCUT2D eigenvalue weighted by Gasteiger charge is 2.18. The molecule has 0 spiro atoms. The lowest BCUT2D eigenvalue weighted by Crippen LogP contribution is -2.14. The molecular weight excluding hydrogens is 132 g/mol. The van der Waals surface area contributed by atoms with Gasteiger partial charge < -0.3 is 0 Å². The summed E-state index contributed by atoms with van der Waals surface area (Å²) in [5.41, 5.74) is 0.502. The van der Waals surface area contributed by atoms with Gasteiger partial charge in [0.2, 0.25) is 0 Å². The number of hydrogen-bond donors (Lipinski definition) is 0. The summed E-state index contributed by atoms with van der Waals surface area (Å²) in [4.78, 5) is 0. The minimum Gasteiger partial charge on any atom is -0.103 e. The fourth-order valence-corrected chi connectivity index (χ4v) is 1.73. The predicted molar refractivity (Wildman–Crippen MR) is 52.7 cm³/mol. The lowest BCUT2D eigenvalue weighted by molar-refractivity contribution is 0.275. The summed E-state index contributed by atoms with van der Waals surface area (Å²) in [6, 6.07) is 0. The molecule has 0 fully saturated rings. The summed E-state index contributed by atoms with van der Waals surface area (Å²) in [6.45, 7) is 13.0. The average Bonchev–Trinajstić information content (AvgIpc) is 1.86. The van der Waals surface area contributed by atoms with Crippen molar-refractivity contribution in [3.63, 3.8) is 0 Å². The van der Waals surface area contributed by atoms with E-state index >= 15 is 0 Å². The topological polar surface area (TPSA) is 0 Å². The molecule has 0 bridgehead atoms. The molecule has 0 nitrogen and oxygen atoms in total. The van der Waals surface area contributed by atoms with Crippen molar-refractivity contribution in [1.29, 1.82) is 0 Å². The Balaban J connectivity index is 3.79. The van der Waals surface area contributed by atoms with Crippen LogP contribution in [0.2, 0.25) is 0 Å². The Morgan fingerprint density at radius 2 is 2.00 bits per heavy atom. The monoisotopic (exact) mass is 154 g/mol. The first-order valence-corrected chi connectivity index (χ1v) is 4.64. The molecule has 0 N–H and O–H groups in total. The lowest BCUT2D eigenvalue weighted by Gasteiger charge is -2.26. The van der Waals surface area contributed by atoms with Crippen molar-refractivity contribution in [3.8, 4) is 0 Å². The normalized spacial score (nSPS) is 14.5. The van der Waals surface area contributed by atoms with Crippen LogP contribution < -0.4 is 0 Å². The second-order valence-electron chi connectivity index (χ2n) is 4.33. The maximum absolute atomic E-state index is 3.80. The van der Waals surface area contributed by atoms with Crippen LogP contribution in [0.15, 0.2) is 12.7 Å². The first-order chi connectivity index (χ1) is 5.02. The Bertz CT molecular complexity index is 111. The lowest BCUT2D eigenvalue weighted by atomic mass is 9.80. The van der Waals surface area contributed by atoms with Gasteiger partial charge in [0.15, 0.2) is 0 Å². The molecular formula is C11H22. The fraction of sp³-hybridized carbons (Fsp3) is 0.818. The van der Waals surface area contributed by atoms with Crippen molar-refractivity contribution in [2.24, 2.45) is 11.3 Å². The smallest absolute Gasteiger partial charge is 0.0260 e. The highest BCUT2D eigenvalue weighted by atomic mass is 14.2. The van der Waals surface area contributed by atoms with Crippen LogP contribution in [0.1, 0.15) is 47.0 Å². The number of rotatable bonds is 5. The Kier molecular flexibility index (Phi) is 4.48. The van der Waals surface area contributed by atoms with Gasteiger partial charge in [-0.05, 0) is 24.2 Å². The summed E-state index contributed by atoms with van der Waals surface area (Å²) in [5.74, 6) is 0.663. The largest absolute Gasteiger partial charge is 0.103 e. The summed E-state index contributed by atoms with van der Waals surface area (Å²) >= 11 is 0. The minimum atomic E-state index is 0.502. The van der Waals surface area contributed by atoms with Gasteiger partial charge in [-0.25, -0.2) is 0 Å². The maximum Gasteiger partial charge on any atom is -0.0260 e. The average molecular weight is 154 g/mol.